The van der Waals surface area contributed by atoms with E-state index in [4.69, 9.17) is 39.6 Å². The van der Waals surface area contributed by atoms with Crippen LogP contribution in [0.3, 0.4) is 0 Å². The molecule has 0 atom stereocenters. The normalized spacial score (nSPS) is 8.11. The molecule has 0 amide bonds. The summed E-state index contributed by atoms with van der Waals surface area (Å²) in [7, 11) is 0. The van der Waals surface area contributed by atoms with E-state index in [1.54, 1.807) is 0 Å². The van der Waals surface area contributed by atoms with Crippen LogP contribution in [0.15, 0.2) is 0 Å². The molecular weight excluding hydrogens is 281 g/mol. The molecule has 0 fully saturated rings. The molecule has 0 aliphatic rings. The molecule has 0 radical (unpaired) electrons. The lowest BCUT2D eigenvalue weighted by molar-refractivity contribution is -0.192. The third kappa shape index (κ3) is 217. The molecule has 0 heterocycles. The minimum Gasteiger partial charge on any atom is -0.481 e. The van der Waals surface area contributed by atoms with Gasteiger partial charge in [-0.05, 0) is 0 Å². The third-order valence-corrected chi connectivity index (χ3v) is 0.243. The summed E-state index contributed by atoms with van der Waals surface area (Å²) in [6.45, 7) is 3.25. The zero-order valence-corrected chi connectivity index (χ0v) is 10.1. The van der Waals surface area contributed by atoms with Crippen LogP contribution in [0.4, 0.5) is 13.2 Å². The number of hydrogen-bond acceptors (Lipinski definition) is 4. The highest BCUT2D eigenvalue weighted by atomic mass is 19.4. The van der Waals surface area contributed by atoms with E-state index in [1.807, 2.05) is 0 Å². The molecule has 0 rings (SSSR count). The maximum Gasteiger partial charge on any atom is 0.490 e. The smallest absolute Gasteiger partial charge is 0.481 e. The lowest BCUT2D eigenvalue weighted by Gasteiger charge is -1.93. The second-order valence-corrected chi connectivity index (χ2v) is 2.36. The van der Waals surface area contributed by atoms with Crippen LogP contribution in [0.5, 0.6) is 0 Å². The molecule has 8 nitrogen and oxygen atoms in total. The Morgan fingerprint density at radius 3 is 0.737 bits per heavy atom. The predicted octanol–water partition coefficient (Wildman–Crippen LogP) is 0.906. The van der Waals surface area contributed by atoms with E-state index in [1.165, 1.54) is 0 Å². The Morgan fingerprint density at radius 1 is 0.684 bits per heavy atom. The van der Waals surface area contributed by atoms with Gasteiger partial charge in [0.25, 0.3) is 17.9 Å². The van der Waals surface area contributed by atoms with Gasteiger partial charge in [-0.1, -0.05) is 0 Å². The first-order valence-corrected chi connectivity index (χ1v) is 4.03. The second-order valence-electron chi connectivity index (χ2n) is 2.36. The van der Waals surface area contributed by atoms with Gasteiger partial charge in [0.1, 0.15) is 0 Å². The number of carboxylic acids is 4. The first-order valence-electron chi connectivity index (χ1n) is 4.03. The first kappa shape index (κ1) is 25.5. The summed E-state index contributed by atoms with van der Waals surface area (Å²) in [5.41, 5.74) is 0. The van der Waals surface area contributed by atoms with Crippen LogP contribution in [0.2, 0.25) is 0 Å². The molecule has 0 saturated carbocycles. The van der Waals surface area contributed by atoms with Crippen molar-refractivity contribution in [2.75, 3.05) is 0 Å². The second kappa shape index (κ2) is 13.7. The highest BCUT2D eigenvalue weighted by Crippen LogP contribution is 2.13. The summed E-state index contributed by atoms with van der Waals surface area (Å²) in [5.74, 6) is -5.26. The first-order chi connectivity index (χ1) is 8.14. The molecule has 19 heavy (non-hydrogen) atoms. The topological polar surface area (TPSA) is 149 Å². The van der Waals surface area contributed by atoms with Crippen molar-refractivity contribution in [3.8, 4) is 0 Å². The van der Waals surface area contributed by atoms with Crippen LogP contribution in [-0.2, 0) is 19.2 Å². The maximum atomic E-state index is 10.6. The summed E-state index contributed by atoms with van der Waals surface area (Å²) in [5, 5.41) is 29.4. The quantitative estimate of drug-likeness (QED) is 0.514. The van der Waals surface area contributed by atoms with E-state index in [-0.39, 0.29) is 0 Å². The van der Waals surface area contributed by atoms with Gasteiger partial charge in [-0.15, -0.1) is 0 Å². The van der Waals surface area contributed by atoms with E-state index < -0.39 is 30.1 Å². The maximum absolute atomic E-state index is 10.6. The van der Waals surface area contributed by atoms with Gasteiger partial charge in [0.2, 0.25) is 0 Å². The zero-order valence-electron chi connectivity index (χ0n) is 10.1. The van der Waals surface area contributed by atoms with Crippen LogP contribution < -0.4 is 0 Å². The standard InChI is InChI=1S/C2HF3O2.3C2H4O2/c3-2(4,5)1(6)7;3*1-2(3)4/h(H,6,7);3*1H3,(H,3,4). The highest BCUT2D eigenvalue weighted by molar-refractivity contribution is 5.73. The summed E-state index contributed by atoms with van der Waals surface area (Å²) in [6, 6.07) is 0. The zero-order chi connectivity index (χ0) is 16.8. The molecule has 4 N–H and O–H groups in total. The fraction of sp³-hybridized carbons (Fsp3) is 0.500. The van der Waals surface area contributed by atoms with Crippen molar-refractivity contribution in [2.24, 2.45) is 0 Å². The predicted molar refractivity (Wildman–Crippen MR) is 53.6 cm³/mol. The van der Waals surface area contributed by atoms with Crippen LogP contribution in [-0.4, -0.2) is 50.5 Å². The minimum absolute atomic E-state index is 0.833. The van der Waals surface area contributed by atoms with Crippen LogP contribution in [0.25, 0.3) is 0 Å². The van der Waals surface area contributed by atoms with Crippen LogP contribution in [0.1, 0.15) is 20.8 Å². The summed E-state index contributed by atoms with van der Waals surface area (Å²) >= 11 is 0. The number of hydrogen-bond donors (Lipinski definition) is 4. The third-order valence-electron chi connectivity index (χ3n) is 0.243. The van der Waals surface area contributed by atoms with Gasteiger partial charge in [0, 0.05) is 20.8 Å². The Morgan fingerprint density at radius 2 is 0.737 bits per heavy atom. The molecule has 0 aliphatic heterocycles. The van der Waals surface area contributed by atoms with Gasteiger partial charge in [-0.25, -0.2) is 4.79 Å². The summed E-state index contributed by atoms with van der Waals surface area (Å²) in [6.07, 6.45) is -5.08. The van der Waals surface area contributed by atoms with Crippen molar-refractivity contribution in [2.45, 2.75) is 26.9 Å². The van der Waals surface area contributed by atoms with Crippen molar-refractivity contribution >= 4 is 23.9 Å². The number of carboxylic acid groups (broad SMARTS) is 4. The van der Waals surface area contributed by atoms with Crippen LogP contribution in [0, 0.1) is 0 Å². The molecule has 0 saturated heterocycles. The Labute approximate surface area is 105 Å². The molecule has 0 unspecified atom stereocenters. The Balaban J connectivity index is -0.0000000825. The molecule has 114 valence electrons. The average Bonchev–Trinajstić information content (AvgIpc) is 1.96. The Hall–Kier alpha value is -2.33. The lowest BCUT2D eigenvalue weighted by Crippen LogP contribution is -2.21. The Kier molecular flexibility index (Phi) is 18.4. The lowest BCUT2D eigenvalue weighted by atomic mass is 10.7. The average molecular weight is 294 g/mol. The number of alkyl halides is 3. The van der Waals surface area contributed by atoms with Crippen molar-refractivity contribution in [3.05, 3.63) is 0 Å². The van der Waals surface area contributed by atoms with Gasteiger partial charge in [-0.2, -0.15) is 13.2 Å². The van der Waals surface area contributed by atoms with Crippen LogP contribution >= 0.6 is 0 Å². The fourth-order valence-corrected chi connectivity index (χ4v) is 0. The van der Waals surface area contributed by atoms with Crippen molar-refractivity contribution in [1.82, 2.24) is 0 Å². The van der Waals surface area contributed by atoms with Crippen molar-refractivity contribution < 1.29 is 52.8 Å². The molecule has 11 heteroatoms. The van der Waals surface area contributed by atoms with Gasteiger partial charge in [0.15, 0.2) is 0 Å². The SMILES string of the molecule is CC(=O)O.CC(=O)O.CC(=O)O.O=C(O)C(F)(F)F. The van der Waals surface area contributed by atoms with Gasteiger partial charge in [-0.3, -0.25) is 14.4 Å². The Bertz CT molecular complexity index is 256. The monoisotopic (exact) mass is 294 g/mol. The summed E-state index contributed by atoms with van der Waals surface area (Å²) in [4.78, 5) is 35.9. The molecule has 0 aromatic rings. The van der Waals surface area contributed by atoms with E-state index in [0.29, 0.717) is 0 Å². The summed E-state index contributed by atoms with van der Waals surface area (Å²) < 4.78 is 31.7. The van der Waals surface area contributed by atoms with Crippen molar-refractivity contribution in [1.29, 1.82) is 0 Å². The molecule has 0 aromatic heterocycles. The highest BCUT2D eigenvalue weighted by Gasteiger charge is 2.38. The molecule has 0 spiro atoms. The number of carbonyl (C=O) groups is 4. The molecule has 0 aliphatic carbocycles. The largest absolute Gasteiger partial charge is 0.490 e. The fourth-order valence-electron chi connectivity index (χ4n) is 0. The number of aliphatic carboxylic acids is 4. The number of rotatable bonds is 0. The minimum atomic E-state index is -5.08. The number of halogens is 3. The molecule has 0 bridgehead atoms. The molecular formula is C8H13F3O8. The molecule has 0 aromatic carbocycles. The van der Waals surface area contributed by atoms with Gasteiger partial charge >= 0.3 is 12.1 Å². The van der Waals surface area contributed by atoms with E-state index in [0.717, 1.165) is 20.8 Å². The van der Waals surface area contributed by atoms with E-state index >= 15 is 0 Å². The van der Waals surface area contributed by atoms with E-state index in [2.05, 4.69) is 0 Å². The van der Waals surface area contributed by atoms with Gasteiger partial charge < -0.3 is 20.4 Å². The van der Waals surface area contributed by atoms with Gasteiger partial charge in [0.05, 0.1) is 0 Å². The van der Waals surface area contributed by atoms with Crippen molar-refractivity contribution in [3.63, 3.8) is 0 Å². The van der Waals surface area contributed by atoms with E-state index in [9.17, 15) is 13.2 Å².